The second-order valence-corrected chi connectivity index (χ2v) is 5.36. The van der Waals surface area contributed by atoms with E-state index in [9.17, 15) is 9.18 Å². The molecule has 1 N–H and O–H groups in total. The summed E-state index contributed by atoms with van der Waals surface area (Å²) >= 11 is 3.42. The summed E-state index contributed by atoms with van der Waals surface area (Å²) in [4.78, 5) is 12.1. The Balaban J connectivity index is 1.92. The first-order valence-electron chi connectivity index (χ1n) is 6.35. The summed E-state index contributed by atoms with van der Waals surface area (Å²) in [5, 5.41) is 2.87. The van der Waals surface area contributed by atoms with Crippen molar-refractivity contribution in [3.8, 4) is 0 Å². The standard InChI is InChI=1S/C16H15BrFNO/c1-11-3-2-4-14(15(11)17)16(20)19-10-9-12-5-7-13(18)8-6-12/h2-8H,9-10H2,1H3,(H,19,20). The van der Waals surface area contributed by atoms with Crippen molar-refractivity contribution >= 4 is 21.8 Å². The number of carbonyl (C=O) groups excluding carboxylic acids is 1. The maximum absolute atomic E-state index is 12.8. The van der Waals surface area contributed by atoms with Gasteiger partial charge in [0.2, 0.25) is 0 Å². The largest absolute Gasteiger partial charge is 0.352 e. The van der Waals surface area contributed by atoms with Crippen molar-refractivity contribution in [2.24, 2.45) is 0 Å². The zero-order chi connectivity index (χ0) is 14.5. The van der Waals surface area contributed by atoms with E-state index in [0.717, 1.165) is 15.6 Å². The van der Waals surface area contributed by atoms with Crippen molar-refractivity contribution in [1.29, 1.82) is 0 Å². The molecule has 1 amide bonds. The van der Waals surface area contributed by atoms with Gasteiger partial charge in [-0.05, 0) is 58.6 Å². The van der Waals surface area contributed by atoms with E-state index in [1.807, 2.05) is 19.1 Å². The number of rotatable bonds is 4. The summed E-state index contributed by atoms with van der Waals surface area (Å²) in [5.41, 5.74) is 2.65. The molecule has 20 heavy (non-hydrogen) atoms. The highest BCUT2D eigenvalue weighted by atomic mass is 79.9. The average Bonchev–Trinajstić information content (AvgIpc) is 2.44. The van der Waals surface area contributed by atoms with Crippen LogP contribution in [-0.2, 0) is 6.42 Å². The van der Waals surface area contributed by atoms with Crippen LogP contribution in [0.15, 0.2) is 46.9 Å². The van der Waals surface area contributed by atoms with E-state index >= 15 is 0 Å². The van der Waals surface area contributed by atoms with Gasteiger partial charge in [-0.3, -0.25) is 4.79 Å². The van der Waals surface area contributed by atoms with Gasteiger partial charge in [-0.25, -0.2) is 4.39 Å². The van der Waals surface area contributed by atoms with Gasteiger partial charge in [0.05, 0.1) is 5.56 Å². The molecule has 0 unspecified atom stereocenters. The summed E-state index contributed by atoms with van der Waals surface area (Å²) in [6.45, 7) is 2.46. The van der Waals surface area contributed by atoms with Crippen LogP contribution in [-0.4, -0.2) is 12.5 Å². The van der Waals surface area contributed by atoms with Gasteiger partial charge in [0, 0.05) is 11.0 Å². The molecule has 0 atom stereocenters. The molecule has 2 aromatic carbocycles. The fraction of sp³-hybridized carbons (Fsp3) is 0.188. The average molecular weight is 336 g/mol. The second-order valence-electron chi connectivity index (χ2n) is 4.57. The third-order valence-electron chi connectivity index (χ3n) is 3.05. The molecule has 0 radical (unpaired) electrons. The Morgan fingerprint density at radius 2 is 1.90 bits per heavy atom. The number of aryl methyl sites for hydroxylation is 1. The van der Waals surface area contributed by atoms with Crippen LogP contribution in [0, 0.1) is 12.7 Å². The fourth-order valence-electron chi connectivity index (χ4n) is 1.89. The van der Waals surface area contributed by atoms with Crippen molar-refractivity contribution in [2.45, 2.75) is 13.3 Å². The summed E-state index contributed by atoms with van der Waals surface area (Å²) in [5.74, 6) is -0.357. The number of nitrogens with one attached hydrogen (secondary N) is 1. The predicted octanol–water partition coefficient (Wildman–Crippen LogP) is 3.87. The lowest BCUT2D eigenvalue weighted by molar-refractivity contribution is 0.0953. The Hall–Kier alpha value is -1.68. The summed E-state index contributed by atoms with van der Waals surface area (Å²) < 4.78 is 13.6. The minimum atomic E-state index is -0.249. The first-order chi connectivity index (χ1) is 9.58. The molecule has 4 heteroatoms. The van der Waals surface area contributed by atoms with Gasteiger partial charge >= 0.3 is 0 Å². The van der Waals surface area contributed by atoms with Gasteiger partial charge in [0.15, 0.2) is 0 Å². The quantitative estimate of drug-likeness (QED) is 0.902. The third-order valence-corrected chi connectivity index (χ3v) is 4.10. The number of hydrogen-bond acceptors (Lipinski definition) is 1. The highest BCUT2D eigenvalue weighted by molar-refractivity contribution is 9.10. The van der Waals surface area contributed by atoms with Gasteiger partial charge in [0.25, 0.3) is 5.91 Å². The zero-order valence-corrected chi connectivity index (χ0v) is 12.7. The molecule has 2 aromatic rings. The lowest BCUT2D eigenvalue weighted by Crippen LogP contribution is -2.26. The normalized spacial score (nSPS) is 10.3. The van der Waals surface area contributed by atoms with Crippen LogP contribution in [0.2, 0.25) is 0 Å². The molecule has 0 aromatic heterocycles. The summed E-state index contributed by atoms with van der Waals surface area (Å²) in [7, 11) is 0. The molecule has 2 nitrogen and oxygen atoms in total. The van der Waals surface area contributed by atoms with Crippen molar-refractivity contribution < 1.29 is 9.18 Å². The molecule has 104 valence electrons. The number of hydrogen-bond donors (Lipinski definition) is 1. The number of benzene rings is 2. The van der Waals surface area contributed by atoms with E-state index in [-0.39, 0.29) is 11.7 Å². The van der Waals surface area contributed by atoms with E-state index in [0.29, 0.717) is 18.5 Å². The molecule has 0 saturated heterocycles. The van der Waals surface area contributed by atoms with Crippen molar-refractivity contribution in [2.75, 3.05) is 6.54 Å². The fourth-order valence-corrected chi connectivity index (χ4v) is 2.33. The molecule has 0 aliphatic rings. The monoisotopic (exact) mass is 335 g/mol. The van der Waals surface area contributed by atoms with Gasteiger partial charge in [-0.15, -0.1) is 0 Å². The molecule has 0 spiro atoms. The Bertz CT molecular complexity index is 610. The minimum Gasteiger partial charge on any atom is -0.352 e. The van der Waals surface area contributed by atoms with E-state index in [4.69, 9.17) is 0 Å². The van der Waals surface area contributed by atoms with Gasteiger partial charge in [-0.2, -0.15) is 0 Å². The SMILES string of the molecule is Cc1cccc(C(=O)NCCc2ccc(F)cc2)c1Br. The summed E-state index contributed by atoms with van der Waals surface area (Å²) in [6.07, 6.45) is 0.676. The maximum Gasteiger partial charge on any atom is 0.252 e. The number of amides is 1. The van der Waals surface area contributed by atoms with Crippen molar-refractivity contribution in [3.05, 3.63) is 69.4 Å². The predicted molar refractivity (Wildman–Crippen MR) is 81.3 cm³/mol. The van der Waals surface area contributed by atoms with Gasteiger partial charge in [-0.1, -0.05) is 24.3 Å². The Kier molecular flexibility index (Phi) is 4.90. The van der Waals surface area contributed by atoms with E-state index < -0.39 is 0 Å². The highest BCUT2D eigenvalue weighted by Gasteiger charge is 2.10. The molecular weight excluding hydrogens is 321 g/mol. The first-order valence-corrected chi connectivity index (χ1v) is 7.15. The smallest absolute Gasteiger partial charge is 0.252 e. The second kappa shape index (κ2) is 6.66. The Labute approximate surface area is 126 Å². The first kappa shape index (κ1) is 14.7. The summed E-state index contributed by atoms with van der Waals surface area (Å²) in [6, 6.07) is 11.9. The van der Waals surface area contributed by atoms with Crippen LogP contribution >= 0.6 is 15.9 Å². The van der Waals surface area contributed by atoms with Crippen LogP contribution in [0.5, 0.6) is 0 Å². The lowest BCUT2D eigenvalue weighted by atomic mass is 10.1. The molecular formula is C16H15BrFNO. The van der Waals surface area contributed by atoms with Crippen molar-refractivity contribution in [3.63, 3.8) is 0 Å². The van der Waals surface area contributed by atoms with Crippen LogP contribution in [0.3, 0.4) is 0 Å². The van der Waals surface area contributed by atoms with Crippen LogP contribution < -0.4 is 5.32 Å². The van der Waals surface area contributed by atoms with Crippen LogP contribution in [0.4, 0.5) is 4.39 Å². The van der Waals surface area contributed by atoms with Crippen LogP contribution in [0.1, 0.15) is 21.5 Å². The highest BCUT2D eigenvalue weighted by Crippen LogP contribution is 2.20. The lowest BCUT2D eigenvalue weighted by Gasteiger charge is -2.08. The molecule has 0 aliphatic heterocycles. The molecule has 0 heterocycles. The maximum atomic E-state index is 12.8. The minimum absolute atomic E-state index is 0.109. The van der Waals surface area contributed by atoms with E-state index in [1.54, 1.807) is 18.2 Å². The van der Waals surface area contributed by atoms with Crippen LogP contribution in [0.25, 0.3) is 0 Å². The molecule has 2 rings (SSSR count). The Morgan fingerprint density at radius 1 is 1.20 bits per heavy atom. The van der Waals surface area contributed by atoms with E-state index in [2.05, 4.69) is 21.2 Å². The third kappa shape index (κ3) is 3.67. The zero-order valence-electron chi connectivity index (χ0n) is 11.1. The van der Waals surface area contributed by atoms with E-state index in [1.165, 1.54) is 12.1 Å². The Morgan fingerprint density at radius 3 is 2.60 bits per heavy atom. The molecule has 0 saturated carbocycles. The number of carbonyl (C=O) groups is 1. The topological polar surface area (TPSA) is 29.1 Å². The number of halogens is 2. The molecule has 0 fully saturated rings. The molecule has 0 aliphatic carbocycles. The van der Waals surface area contributed by atoms with Gasteiger partial charge in [0.1, 0.15) is 5.82 Å². The van der Waals surface area contributed by atoms with Gasteiger partial charge < -0.3 is 5.32 Å². The molecule has 0 bridgehead atoms. The van der Waals surface area contributed by atoms with Crippen molar-refractivity contribution in [1.82, 2.24) is 5.32 Å².